The van der Waals surface area contributed by atoms with E-state index in [1.54, 1.807) is 0 Å². The average Bonchev–Trinajstić information content (AvgIpc) is 2.19. The summed E-state index contributed by atoms with van der Waals surface area (Å²) >= 11 is 0. The summed E-state index contributed by atoms with van der Waals surface area (Å²) in [7, 11) is 0. The first-order valence-corrected chi connectivity index (χ1v) is 6.03. The quantitative estimate of drug-likeness (QED) is 0.723. The van der Waals surface area contributed by atoms with Gasteiger partial charge in [-0.1, -0.05) is 44.9 Å². The molecule has 0 radical (unpaired) electrons. The Morgan fingerprint density at radius 1 is 1.00 bits per heavy atom. The molecular formula is C14H23N. The van der Waals surface area contributed by atoms with Crippen LogP contribution < -0.4 is 5.32 Å². The highest BCUT2D eigenvalue weighted by Gasteiger charge is 2.21. The highest BCUT2D eigenvalue weighted by Crippen LogP contribution is 2.24. The summed E-state index contributed by atoms with van der Waals surface area (Å²) in [5, 5.41) is 3.66. The summed E-state index contributed by atoms with van der Waals surface area (Å²) in [5.41, 5.74) is 1.49. The monoisotopic (exact) mass is 205 g/mol. The van der Waals surface area contributed by atoms with E-state index in [2.05, 4.69) is 56.4 Å². The fourth-order valence-electron chi connectivity index (χ4n) is 2.22. The third-order valence-corrected chi connectivity index (χ3v) is 2.82. The lowest BCUT2D eigenvalue weighted by molar-refractivity contribution is 0.428. The van der Waals surface area contributed by atoms with Gasteiger partial charge in [0.1, 0.15) is 0 Å². The van der Waals surface area contributed by atoms with Gasteiger partial charge in [0.05, 0.1) is 0 Å². The summed E-state index contributed by atoms with van der Waals surface area (Å²) in [5.74, 6) is 0. The molecule has 0 atom stereocenters. The molecule has 0 amide bonds. The second-order valence-electron chi connectivity index (χ2n) is 4.55. The van der Waals surface area contributed by atoms with E-state index in [-0.39, 0.29) is 5.54 Å². The van der Waals surface area contributed by atoms with E-state index in [9.17, 15) is 0 Å². The summed E-state index contributed by atoms with van der Waals surface area (Å²) in [6.07, 6.45) is 4.93. The Balaban J connectivity index is 2.66. The van der Waals surface area contributed by atoms with Crippen LogP contribution in [0.3, 0.4) is 0 Å². The number of hydrogen-bond donors (Lipinski definition) is 1. The molecule has 15 heavy (non-hydrogen) atoms. The Kier molecular flexibility index (Phi) is 4.67. The maximum Gasteiger partial charge on any atom is 0.0345 e. The first kappa shape index (κ1) is 12.1. The van der Waals surface area contributed by atoms with Gasteiger partial charge in [0.2, 0.25) is 0 Å². The summed E-state index contributed by atoms with van der Waals surface area (Å²) in [6, 6.07) is 10.5. The lowest BCUT2D eigenvalue weighted by Gasteiger charge is -2.31. The summed E-state index contributed by atoms with van der Waals surface area (Å²) in [4.78, 5) is 0. The number of para-hydroxylation sites is 1. The molecule has 1 N–H and O–H groups in total. The van der Waals surface area contributed by atoms with Gasteiger partial charge in [-0.05, 0) is 31.9 Å². The molecule has 0 fully saturated rings. The van der Waals surface area contributed by atoms with Crippen LogP contribution in [0.15, 0.2) is 30.3 Å². The predicted molar refractivity (Wildman–Crippen MR) is 68.3 cm³/mol. The van der Waals surface area contributed by atoms with Gasteiger partial charge in [-0.25, -0.2) is 0 Å². The van der Waals surface area contributed by atoms with Crippen molar-refractivity contribution in [3.05, 3.63) is 30.3 Å². The molecule has 0 saturated carbocycles. The third kappa shape index (κ3) is 3.94. The minimum atomic E-state index is 0.255. The van der Waals surface area contributed by atoms with E-state index < -0.39 is 0 Å². The largest absolute Gasteiger partial charge is 0.380 e. The Hall–Kier alpha value is -0.980. The van der Waals surface area contributed by atoms with Crippen LogP contribution in [0.4, 0.5) is 5.69 Å². The van der Waals surface area contributed by atoms with Gasteiger partial charge >= 0.3 is 0 Å². The van der Waals surface area contributed by atoms with Crippen LogP contribution in [-0.2, 0) is 0 Å². The lowest BCUT2D eigenvalue weighted by atomic mass is 9.90. The first-order chi connectivity index (χ1) is 7.20. The van der Waals surface area contributed by atoms with Crippen LogP contribution in [0.25, 0.3) is 0 Å². The highest BCUT2D eigenvalue weighted by atomic mass is 15.0. The summed E-state index contributed by atoms with van der Waals surface area (Å²) < 4.78 is 0. The molecule has 1 aromatic rings. The molecule has 0 aromatic heterocycles. The molecule has 0 aliphatic carbocycles. The number of nitrogens with one attached hydrogen (secondary N) is 1. The van der Waals surface area contributed by atoms with Crippen molar-refractivity contribution in [1.82, 2.24) is 0 Å². The minimum absolute atomic E-state index is 0.255. The van der Waals surface area contributed by atoms with Crippen molar-refractivity contribution >= 4 is 5.69 Å². The molecular weight excluding hydrogens is 182 g/mol. The molecule has 1 rings (SSSR count). The van der Waals surface area contributed by atoms with Crippen LogP contribution in [0.1, 0.15) is 46.5 Å². The van der Waals surface area contributed by atoms with E-state index in [4.69, 9.17) is 0 Å². The molecule has 0 unspecified atom stereocenters. The lowest BCUT2D eigenvalue weighted by Crippen LogP contribution is -2.34. The van der Waals surface area contributed by atoms with Crippen molar-refractivity contribution in [2.24, 2.45) is 0 Å². The maximum absolute atomic E-state index is 3.66. The standard InChI is InChI=1S/C14H23N/c1-4-11-14(3,12-5-2)15-13-9-7-6-8-10-13/h6-10,15H,4-5,11-12H2,1-3H3. The van der Waals surface area contributed by atoms with Crippen molar-refractivity contribution in [3.8, 4) is 0 Å². The fraction of sp³-hybridized carbons (Fsp3) is 0.571. The number of benzene rings is 1. The molecule has 0 bridgehead atoms. The number of hydrogen-bond acceptors (Lipinski definition) is 1. The van der Waals surface area contributed by atoms with E-state index >= 15 is 0 Å². The first-order valence-electron chi connectivity index (χ1n) is 6.03. The Morgan fingerprint density at radius 3 is 2.00 bits per heavy atom. The van der Waals surface area contributed by atoms with Gasteiger partial charge in [-0.3, -0.25) is 0 Å². The third-order valence-electron chi connectivity index (χ3n) is 2.82. The molecule has 1 heteroatoms. The van der Waals surface area contributed by atoms with E-state index in [1.165, 1.54) is 31.4 Å². The molecule has 1 nitrogen and oxygen atoms in total. The molecule has 1 aromatic carbocycles. The van der Waals surface area contributed by atoms with Crippen LogP contribution in [0.5, 0.6) is 0 Å². The van der Waals surface area contributed by atoms with E-state index in [0.29, 0.717) is 0 Å². The van der Waals surface area contributed by atoms with Gasteiger partial charge < -0.3 is 5.32 Å². The second-order valence-corrected chi connectivity index (χ2v) is 4.55. The van der Waals surface area contributed by atoms with Crippen LogP contribution in [-0.4, -0.2) is 5.54 Å². The predicted octanol–water partition coefficient (Wildman–Crippen LogP) is 4.46. The van der Waals surface area contributed by atoms with Crippen molar-refractivity contribution in [3.63, 3.8) is 0 Å². The molecule has 0 heterocycles. The van der Waals surface area contributed by atoms with Gasteiger partial charge in [-0.2, -0.15) is 0 Å². The normalized spacial score (nSPS) is 11.4. The molecule has 0 aliphatic rings. The van der Waals surface area contributed by atoms with E-state index in [0.717, 1.165) is 0 Å². The van der Waals surface area contributed by atoms with E-state index in [1.807, 2.05) is 0 Å². The molecule has 0 spiro atoms. The molecule has 84 valence electrons. The van der Waals surface area contributed by atoms with Crippen LogP contribution in [0, 0.1) is 0 Å². The number of anilines is 1. The smallest absolute Gasteiger partial charge is 0.0345 e. The zero-order valence-corrected chi connectivity index (χ0v) is 10.2. The van der Waals surface area contributed by atoms with Gasteiger partial charge in [0.25, 0.3) is 0 Å². The maximum atomic E-state index is 3.66. The van der Waals surface area contributed by atoms with Crippen molar-refractivity contribution in [2.45, 2.75) is 52.0 Å². The van der Waals surface area contributed by atoms with Crippen molar-refractivity contribution in [1.29, 1.82) is 0 Å². The Bertz CT molecular complexity index is 260. The van der Waals surface area contributed by atoms with Gasteiger partial charge in [0, 0.05) is 11.2 Å². The van der Waals surface area contributed by atoms with Gasteiger partial charge in [-0.15, -0.1) is 0 Å². The second kappa shape index (κ2) is 5.79. The summed E-state index contributed by atoms with van der Waals surface area (Å²) in [6.45, 7) is 6.83. The number of rotatable bonds is 6. The van der Waals surface area contributed by atoms with Gasteiger partial charge in [0.15, 0.2) is 0 Å². The van der Waals surface area contributed by atoms with Crippen LogP contribution >= 0.6 is 0 Å². The molecule has 0 aliphatic heterocycles. The fourth-order valence-corrected chi connectivity index (χ4v) is 2.22. The zero-order valence-electron chi connectivity index (χ0n) is 10.2. The SMILES string of the molecule is CCCC(C)(CCC)Nc1ccccc1. The Morgan fingerprint density at radius 2 is 1.53 bits per heavy atom. The Labute approximate surface area is 93.9 Å². The average molecular weight is 205 g/mol. The highest BCUT2D eigenvalue weighted by molar-refractivity contribution is 5.44. The minimum Gasteiger partial charge on any atom is -0.380 e. The van der Waals surface area contributed by atoms with Crippen molar-refractivity contribution < 1.29 is 0 Å². The zero-order chi connectivity index (χ0) is 11.1. The van der Waals surface area contributed by atoms with Crippen LogP contribution in [0.2, 0.25) is 0 Å². The van der Waals surface area contributed by atoms with Crippen molar-refractivity contribution in [2.75, 3.05) is 5.32 Å². The topological polar surface area (TPSA) is 12.0 Å². The molecule has 0 saturated heterocycles.